The number of nitrogens with zero attached hydrogens (tertiary/aromatic N) is 2. The van der Waals surface area contributed by atoms with E-state index in [0.29, 0.717) is 12.4 Å². The number of carbonyl (C=O) groups excluding carboxylic acids is 1. The predicted octanol–water partition coefficient (Wildman–Crippen LogP) is 3.98. The first kappa shape index (κ1) is 25.4. The van der Waals surface area contributed by atoms with E-state index in [4.69, 9.17) is 9.47 Å². The lowest BCUT2D eigenvalue weighted by Crippen LogP contribution is -2.38. The number of rotatable bonds is 10. The van der Waals surface area contributed by atoms with Gasteiger partial charge in [-0.25, -0.2) is 12.8 Å². The number of amides is 1. The van der Waals surface area contributed by atoms with Crippen molar-refractivity contribution < 1.29 is 32.0 Å². The van der Waals surface area contributed by atoms with E-state index in [1.165, 1.54) is 31.4 Å². The number of ether oxygens (including phenoxy) is 2. The quantitative estimate of drug-likeness (QED) is 0.327. The van der Waals surface area contributed by atoms with E-state index in [9.17, 15) is 27.7 Å². The smallest absolute Gasteiger partial charge is 0.271 e. The average Bonchev–Trinajstić information content (AvgIpc) is 2.83. The lowest BCUT2D eigenvalue weighted by atomic mass is 10.2. The van der Waals surface area contributed by atoms with Gasteiger partial charge in [0, 0.05) is 12.1 Å². The molecule has 3 aromatic carbocycles. The molecular formula is C23H22FN3O7S. The molecule has 1 amide bonds. The van der Waals surface area contributed by atoms with Gasteiger partial charge in [-0.3, -0.25) is 19.2 Å². The number of anilines is 2. The fourth-order valence-corrected chi connectivity index (χ4v) is 4.57. The third-order valence-electron chi connectivity index (χ3n) is 4.79. The van der Waals surface area contributed by atoms with Crippen LogP contribution in [0.15, 0.2) is 71.6 Å². The fraction of sp³-hybridized carbons (Fsp3) is 0.174. The van der Waals surface area contributed by atoms with Crippen molar-refractivity contribution in [2.24, 2.45) is 0 Å². The van der Waals surface area contributed by atoms with Crippen LogP contribution in [0.25, 0.3) is 0 Å². The van der Waals surface area contributed by atoms with E-state index in [-0.39, 0.29) is 27.7 Å². The zero-order valence-corrected chi connectivity index (χ0v) is 19.6. The maximum atomic E-state index is 13.4. The summed E-state index contributed by atoms with van der Waals surface area (Å²) in [5.74, 6) is -0.755. The molecule has 0 aliphatic heterocycles. The van der Waals surface area contributed by atoms with Gasteiger partial charge in [-0.2, -0.15) is 0 Å². The SMILES string of the molecule is CCOc1ccc(N(CC(=O)Nc2cc([N+](=O)[O-])ccc2OC)S(=O)(=O)c2ccc(F)cc2)cc1. The van der Waals surface area contributed by atoms with Crippen molar-refractivity contribution in [2.75, 3.05) is 29.9 Å². The fourth-order valence-electron chi connectivity index (χ4n) is 3.15. The first-order chi connectivity index (χ1) is 16.6. The van der Waals surface area contributed by atoms with Crippen LogP contribution in [-0.2, 0) is 14.8 Å². The molecule has 0 spiro atoms. The van der Waals surface area contributed by atoms with Gasteiger partial charge in [0.15, 0.2) is 0 Å². The summed E-state index contributed by atoms with van der Waals surface area (Å²) in [6, 6.07) is 13.8. The van der Waals surface area contributed by atoms with Crippen LogP contribution in [0, 0.1) is 15.9 Å². The molecule has 0 fully saturated rings. The second kappa shape index (κ2) is 10.8. The maximum absolute atomic E-state index is 13.4. The Morgan fingerprint density at radius 1 is 1.09 bits per heavy atom. The summed E-state index contributed by atoms with van der Waals surface area (Å²) in [5, 5.41) is 13.6. The summed E-state index contributed by atoms with van der Waals surface area (Å²) in [5.41, 5.74) is -0.139. The van der Waals surface area contributed by atoms with Gasteiger partial charge in [0.1, 0.15) is 23.9 Å². The Balaban J connectivity index is 1.97. The van der Waals surface area contributed by atoms with Crippen LogP contribution in [-0.4, -0.2) is 39.5 Å². The maximum Gasteiger partial charge on any atom is 0.271 e. The Labute approximate surface area is 201 Å². The van der Waals surface area contributed by atoms with E-state index < -0.39 is 33.2 Å². The second-order valence-corrected chi connectivity index (χ2v) is 8.94. The first-order valence-corrected chi connectivity index (χ1v) is 11.7. The number of carbonyl (C=O) groups is 1. The van der Waals surface area contributed by atoms with Gasteiger partial charge < -0.3 is 14.8 Å². The third-order valence-corrected chi connectivity index (χ3v) is 6.58. The lowest BCUT2D eigenvalue weighted by Gasteiger charge is -2.24. The molecule has 0 aliphatic carbocycles. The van der Waals surface area contributed by atoms with Gasteiger partial charge in [0.2, 0.25) is 5.91 Å². The highest BCUT2D eigenvalue weighted by atomic mass is 32.2. The van der Waals surface area contributed by atoms with E-state index in [2.05, 4.69) is 5.32 Å². The number of benzene rings is 3. The number of nitro groups is 1. The molecule has 0 radical (unpaired) electrons. The van der Waals surface area contributed by atoms with Crippen LogP contribution in [0.1, 0.15) is 6.92 Å². The number of halogens is 1. The normalized spacial score (nSPS) is 10.9. The van der Waals surface area contributed by atoms with Crippen LogP contribution in [0.3, 0.4) is 0 Å². The summed E-state index contributed by atoms with van der Waals surface area (Å²) in [6.45, 7) is 1.52. The van der Waals surface area contributed by atoms with Gasteiger partial charge >= 0.3 is 0 Å². The van der Waals surface area contributed by atoms with Crippen molar-refractivity contribution >= 4 is 33.0 Å². The number of methoxy groups -OCH3 is 1. The number of hydrogen-bond acceptors (Lipinski definition) is 7. The van der Waals surface area contributed by atoms with Gasteiger partial charge in [-0.15, -0.1) is 0 Å². The molecule has 0 saturated heterocycles. The van der Waals surface area contributed by atoms with Crippen LogP contribution in [0.4, 0.5) is 21.5 Å². The molecule has 0 bridgehead atoms. The van der Waals surface area contributed by atoms with Crippen molar-refractivity contribution in [3.63, 3.8) is 0 Å². The second-order valence-electron chi connectivity index (χ2n) is 7.08. The van der Waals surface area contributed by atoms with E-state index in [0.717, 1.165) is 34.6 Å². The summed E-state index contributed by atoms with van der Waals surface area (Å²) in [6.07, 6.45) is 0. The van der Waals surface area contributed by atoms with Crippen molar-refractivity contribution in [2.45, 2.75) is 11.8 Å². The van der Waals surface area contributed by atoms with E-state index in [1.54, 1.807) is 19.1 Å². The lowest BCUT2D eigenvalue weighted by molar-refractivity contribution is -0.384. The van der Waals surface area contributed by atoms with Crippen LogP contribution in [0.2, 0.25) is 0 Å². The molecule has 12 heteroatoms. The predicted molar refractivity (Wildman–Crippen MR) is 127 cm³/mol. The van der Waals surface area contributed by atoms with Gasteiger partial charge in [0.25, 0.3) is 15.7 Å². The Hall–Kier alpha value is -4.19. The number of nitrogens with one attached hydrogen (secondary N) is 1. The van der Waals surface area contributed by atoms with Crippen LogP contribution in [0.5, 0.6) is 11.5 Å². The zero-order valence-electron chi connectivity index (χ0n) is 18.8. The standard InChI is InChI=1S/C23H22FN3O7S/c1-3-34-19-9-6-17(7-10-19)26(35(31,32)20-11-4-16(24)5-12-20)15-23(28)25-21-14-18(27(29)30)8-13-22(21)33-2/h4-14H,3,15H2,1-2H3,(H,25,28). The molecule has 35 heavy (non-hydrogen) atoms. The van der Waals surface area contributed by atoms with Crippen molar-refractivity contribution in [1.29, 1.82) is 0 Å². The number of non-ortho nitro benzene ring substituents is 1. The number of nitro benzene ring substituents is 1. The Morgan fingerprint density at radius 2 is 1.74 bits per heavy atom. The third kappa shape index (κ3) is 6.03. The Kier molecular flexibility index (Phi) is 7.87. The molecular weight excluding hydrogens is 481 g/mol. The van der Waals surface area contributed by atoms with Gasteiger partial charge in [-0.05, 0) is 61.5 Å². The molecule has 3 rings (SSSR count). The topological polar surface area (TPSA) is 128 Å². The molecule has 1 N–H and O–H groups in total. The van der Waals surface area contributed by atoms with E-state index >= 15 is 0 Å². The molecule has 0 atom stereocenters. The largest absolute Gasteiger partial charge is 0.495 e. The molecule has 3 aromatic rings. The highest BCUT2D eigenvalue weighted by Crippen LogP contribution is 2.30. The summed E-state index contributed by atoms with van der Waals surface area (Å²) >= 11 is 0. The summed E-state index contributed by atoms with van der Waals surface area (Å²) in [7, 11) is -2.97. The van der Waals surface area contributed by atoms with Crippen molar-refractivity contribution in [3.8, 4) is 11.5 Å². The average molecular weight is 504 g/mol. The zero-order chi connectivity index (χ0) is 25.6. The Morgan fingerprint density at radius 3 is 2.31 bits per heavy atom. The minimum atomic E-state index is -4.30. The molecule has 0 aliphatic rings. The molecule has 184 valence electrons. The molecule has 0 unspecified atom stereocenters. The van der Waals surface area contributed by atoms with Crippen LogP contribution < -0.4 is 19.1 Å². The highest BCUT2D eigenvalue weighted by molar-refractivity contribution is 7.92. The summed E-state index contributed by atoms with van der Waals surface area (Å²) < 4.78 is 51.5. The molecule has 0 aromatic heterocycles. The number of sulfonamides is 1. The molecule has 0 heterocycles. The highest BCUT2D eigenvalue weighted by Gasteiger charge is 2.28. The van der Waals surface area contributed by atoms with Crippen molar-refractivity contribution in [3.05, 3.63) is 82.7 Å². The van der Waals surface area contributed by atoms with Crippen molar-refractivity contribution in [1.82, 2.24) is 0 Å². The molecule has 0 saturated carbocycles. The van der Waals surface area contributed by atoms with Gasteiger partial charge in [-0.1, -0.05) is 0 Å². The minimum Gasteiger partial charge on any atom is -0.495 e. The Bertz CT molecular complexity index is 1310. The monoisotopic (exact) mass is 503 g/mol. The number of hydrogen-bond donors (Lipinski definition) is 1. The van der Waals surface area contributed by atoms with Gasteiger partial charge in [0.05, 0.1) is 34.9 Å². The van der Waals surface area contributed by atoms with Crippen LogP contribution >= 0.6 is 0 Å². The molecule has 10 nitrogen and oxygen atoms in total. The van der Waals surface area contributed by atoms with E-state index in [1.807, 2.05) is 0 Å². The summed E-state index contributed by atoms with van der Waals surface area (Å²) in [4.78, 5) is 23.2. The first-order valence-electron chi connectivity index (χ1n) is 10.3. The minimum absolute atomic E-state index is 0.00229.